The Bertz CT molecular complexity index is 442. The lowest BCUT2D eigenvalue weighted by Crippen LogP contribution is -1.90. The molecule has 5 nitrogen and oxygen atoms in total. The molecule has 0 amide bonds. The molecule has 1 rings (SSSR count). The van der Waals surface area contributed by atoms with Gasteiger partial charge in [0.2, 0.25) is 0 Å². The molecule has 0 aromatic heterocycles. The second-order valence-electron chi connectivity index (χ2n) is 2.63. The molecule has 0 bridgehead atoms. The number of carboxylic acid groups (broad SMARTS) is 1. The minimum absolute atomic E-state index is 0.135. The SMILES string of the molecule is O=C(O)/C=C\c1cc([N+](=O)[O-])ccc1Cl. The van der Waals surface area contributed by atoms with Crippen LogP contribution >= 0.6 is 11.6 Å². The normalized spacial score (nSPS) is 10.5. The Labute approximate surface area is 89.7 Å². The number of aliphatic carboxylic acids is 1. The van der Waals surface area contributed by atoms with Gasteiger partial charge >= 0.3 is 5.97 Å². The summed E-state index contributed by atoms with van der Waals surface area (Å²) >= 11 is 5.72. The Hall–Kier alpha value is -1.88. The quantitative estimate of drug-likeness (QED) is 0.488. The molecule has 0 fully saturated rings. The fraction of sp³-hybridized carbons (Fsp3) is 0. The summed E-state index contributed by atoms with van der Waals surface area (Å²) in [7, 11) is 0. The van der Waals surface area contributed by atoms with Crippen LogP contribution in [0.25, 0.3) is 6.08 Å². The monoisotopic (exact) mass is 227 g/mol. The first-order valence-electron chi connectivity index (χ1n) is 3.85. The maximum atomic E-state index is 10.4. The molecule has 0 saturated carbocycles. The average Bonchev–Trinajstić information content (AvgIpc) is 2.16. The summed E-state index contributed by atoms with van der Waals surface area (Å²) in [5.74, 6) is -1.14. The molecule has 6 heteroatoms. The zero-order valence-electron chi connectivity index (χ0n) is 7.38. The molecular formula is C9H6ClNO4. The average molecular weight is 228 g/mol. The van der Waals surface area contributed by atoms with Gasteiger partial charge in [-0.05, 0) is 12.1 Å². The number of rotatable bonds is 3. The van der Waals surface area contributed by atoms with Crippen molar-refractivity contribution in [2.45, 2.75) is 0 Å². The number of halogens is 1. The van der Waals surface area contributed by atoms with Crippen LogP contribution in [-0.4, -0.2) is 16.0 Å². The third-order valence-electron chi connectivity index (χ3n) is 1.60. The summed E-state index contributed by atoms with van der Waals surface area (Å²) in [4.78, 5) is 20.1. The number of hydrogen-bond acceptors (Lipinski definition) is 3. The summed E-state index contributed by atoms with van der Waals surface area (Å²) in [6.45, 7) is 0. The van der Waals surface area contributed by atoms with E-state index in [4.69, 9.17) is 16.7 Å². The van der Waals surface area contributed by atoms with Gasteiger partial charge in [0.1, 0.15) is 0 Å². The summed E-state index contributed by atoms with van der Waals surface area (Å²) in [6.07, 6.45) is 2.07. The van der Waals surface area contributed by atoms with E-state index in [1.807, 2.05) is 0 Å². The molecule has 0 spiro atoms. The molecule has 1 N–H and O–H groups in total. The second-order valence-corrected chi connectivity index (χ2v) is 3.04. The van der Waals surface area contributed by atoms with Crippen molar-refractivity contribution >= 4 is 29.3 Å². The lowest BCUT2D eigenvalue weighted by Gasteiger charge is -1.97. The zero-order chi connectivity index (χ0) is 11.4. The minimum atomic E-state index is -1.14. The first-order valence-corrected chi connectivity index (χ1v) is 4.23. The van der Waals surface area contributed by atoms with E-state index >= 15 is 0 Å². The van der Waals surface area contributed by atoms with Crippen molar-refractivity contribution in [1.29, 1.82) is 0 Å². The van der Waals surface area contributed by atoms with E-state index in [1.54, 1.807) is 0 Å². The van der Waals surface area contributed by atoms with E-state index in [9.17, 15) is 14.9 Å². The molecule has 0 heterocycles. The smallest absolute Gasteiger partial charge is 0.328 e. The number of nitrogens with zero attached hydrogens (tertiary/aromatic N) is 1. The first kappa shape index (κ1) is 11.2. The molecule has 1 aromatic rings. The van der Waals surface area contributed by atoms with Gasteiger partial charge in [-0.1, -0.05) is 11.6 Å². The number of carboxylic acids is 1. The van der Waals surface area contributed by atoms with Crippen LogP contribution in [0.4, 0.5) is 5.69 Å². The largest absolute Gasteiger partial charge is 0.478 e. The molecular weight excluding hydrogens is 222 g/mol. The molecule has 0 aliphatic rings. The van der Waals surface area contributed by atoms with E-state index in [2.05, 4.69) is 0 Å². The van der Waals surface area contributed by atoms with E-state index in [0.717, 1.165) is 6.08 Å². The fourth-order valence-electron chi connectivity index (χ4n) is 0.933. The molecule has 0 unspecified atom stereocenters. The van der Waals surface area contributed by atoms with Crippen LogP contribution in [0.1, 0.15) is 5.56 Å². The van der Waals surface area contributed by atoms with Gasteiger partial charge in [-0.25, -0.2) is 4.79 Å². The third kappa shape index (κ3) is 3.07. The van der Waals surface area contributed by atoms with E-state index in [-0.39, 0.29) is 10.7 Å². The number of benzene rings is 1. The van der Waals surface area contributed by atoms with Crippen LogP contribution in [0, 0.1) is 10.1 Å². The van der Waals surface area contributed by atoms with E-state index in [0.29, 0.717) is 5.56 Å². The molecule has 78 valence electrons. The predicted molar refractivity (Wildman–Crippen MR) is 54.8 cm³/mol. The van der Waals surface area contributed by atoms with Crippen LogP contribution in [0.15, 0.2) is 24.3 Å². The first-order chi connectivity index (χ1) is 7.00. The molecule has 0 saturated heterocycles. The number of nitro groups is 1. The molecule has 1 aromatic carbocycles. The highest BCUT2D eigenvalue weighted by molar-refractivity contribution is 6.32. The lowest BCUT2D eigenvalue weighted by molar-refractivity contribution is -0.384. The molecule has 0 aliphatic carbocycles. The fourth-order valence-corrected chi connectivity index (χ4v) is 1.11. The Kier molecular flexibility index (Phi) is 3.41. The summed E-state index contributed by atoms with van der Waals surface area (Å²) in [5, 5.41) is 19.1. The molecule has 0 aliphatic heterocycles. The van der Waals surface area contributed by atoms with Gasteiger partial charge in [-0.2, -0.15) is 0 Å². The lowest BCUT2D eigenvalue weighted by atomic mass is 10.2. The van der Waals surface area contributed by atoms with Crippen LogP contribution in [0.2, 0.25) is 5.02 Å². The Morgan fingerprint density at radius 3 is 2.73 bits per heavy atom. The predicted octanol–water partition coefficient (Wildman–Crippen LogP) is 2.35. The Balaban J connectivity index is 3.11. The van der Waals surface area contributed by atoms with Gasteiger partial charge in [0.05, 0.1) is 4.92 Å². The molecule has 0 atom stereocenters. The summed E-state index contributed by atoms with van der Waals surface area (Å²) in [6, 6.07) is 3.81. The van der Waals surface area contributed by atoms with Gasteiger partial charge in [0.15, 0.2) is 0 Å². The van der Waals surface area contributed by atoms with Gasteiger partial charge in [-0.3, -0.25) is 10.1 Å². The van der Waals surface area contributed by atoms with Crippen LogP contribution in [0.5, 0.6) is 0 Å². The zero-order valence-corrected chi connectivity index (χ0v) is 8.14. The third-order valence-corrected chi connectivity index (χ3v) is 1.94. The highest BCUT2D eigenvalue weighted by Gasteiger charge is 2.07. The van der Waals surface area contributed by atoms with Crippen LogP contribution in [0.3, 0.4) is 0 Å². The van der Waals surface area contributed by atoms with Crippen molar-refractivity contribution < 1.29 is 14.8 Å². The molecule has 15 heavy (non-hydrogen) atoms. The standard InChI is InChI=1S/C9H6ClNO4/c10-8-3-2-7(11(14)15)5-6(8)1-4-9(12)13/h1-5H,(H,12,13)/b4-1-. The van der Waals surface area contributed by atoms with Gasteiger partial charge in [0, 0.05) is 28.8 Å². The summed E-state index contributed by atoms with van der Waals surface area (Å²) in [5.41, 5.74) is 0.165. The highest BCUT2D eigenvalue weighted by Crippen LogP contribution is 2.22. The number of hydrogen-bond donors (Lipinski definition) is 1. The Morgan fingerprint density at radius 2 is 2.20 bits per heavy atom. The number of nitro benzene ring substituents is 1. The van der Waals surface area contributed by atoms with E-state index in [1.165, 1.54) is 24.3 Å². The van der Waals surface area contributed by atoms with Gasteiger partial charge in [0.25, 0.3) is 5.69 Å². The van der Waals surface area contributed by atoms with Gasteiger partial charge in [-0.15, -0.1) is 0 Å². The number of carbonyl (C=O) groups is 1. The maximum absolute atomic E-state index is 10.4. The van der Waals surface area contributed by atoms with Crippen LogP contribution in [-0.2, 0) is 4.79 Å². The highest BCUT2D eigenvalue weighted by atomic mass is 35.5. The maximum Gasteiger partial charge on any atom is 0.328 e. The topological polar surface area (TPSA) is 80.4 Å². The Morgan fingerprint density at radius 1 is 1.53 bits per heavy atom. The van der Waals surface area contributed by atoms with Crippen molar-refractivity contribution in [1.82, 2.24) is 0 Å². The van der Waals surface area contributed by atoms with Crippen molar-refractivity contribution in [3.63, 3.8) is 0 Å². The van der Waals surface area contributed by atoms with Gasteiger partial charge < -0.3 is 5.11 Å². The summed E-state index contributed by atoms with van der Waals surface area (Å²) < 4.78 is 0. The van der Waals surface area contributed by atoms with Crippen molar-refractivity contribution in [2.24, 2.45) is 0 Å². The minimum Gasteiger partial charge on any atom is -0.478 e. The van der Waals surface area contributed by atoms with Crippen LogP contribution < -0.4 is 0 Å². The molecule has 0 radical (unpaired) electrons. The van der Waals surface area contributed by atoms with Crippen molar-refractivity contribution in [3.05, 3.63) is 45.0 Å². The van der Waals surface area contributed by atoms with Crippen molar-refractivity contribution in [3.8, 4) is 0 Å². The number of non-ortho nitro benzene ring substituents is 1. The second kappa shape index (κ2) is 4.56. The van der Waals surface area contributed by atoms with Crippen molar-refractivity contribution in [2.75, 3.05) is 0 Å². The van der Waals surface area contributed by atoms with E-state index < -0.39 is 10.9 Å².